The number of hydrogen-bond donors (Lipinski definition) is 1. The second kappa shape index (κ2) is 8.86. The molecule has 0 spiro atoms. The molecule has 0 saturated carbocycles. The highest BCUT2D eigenvalue weighted by molar-refractivity contribution is 7.09. The molecule has 2 nitrogen and oxygen atoms in total. The normalized spacial score (nSPS) is 10.7. The molecule has 0 amide bonds. The highest BCUT2D eigenvalue weighted by Crippen LogP contribution is 2.05. The molecule has 0 aliphatic rings. The summed E-state index contributed by atoms with van der Waals surface area (Å²) in [6.07, 6.45) is 10.1. The van der Waals surface area contributed by atoms with Crippen molar-refractivity contribution < 1.29 is 0 Å². The van der Waals surface area contributed by atoms with E-state index in [1.54, 1.807) is 11.3 Å². The summed E-state index contributed by atoms with van der Waals surface area (Å²) < 4.78 is 0. The van der Waals surface area contributed by atoms with Crippen molar-refractivity contribution in [2.75, 3.05) is 6.54 Å². The van der Waals surface area contributed by atoms with Gasteiger partial charge < -0.3 is 5.32 Å². The largest absolute Gasteiger partial charge is 0.310 e. The van der Waals surface area contributed by atoms with Crippen LogP contribution >= 0.6 is 11.3 Å². The predicted molar refractivity (Wildman–Crippen MR) is 67.2 cm³/mol. The fourth-order valence-electron chi connectivity index (χ4n) is 1.57. The maximum absolute atomic E-state index is 4.23. The molecule has 1 aromatic heterocycles. The van der Waals surface area contributed by atoms with Crippen molar-refractivity contribution in [2.24, 2.45) is 0 Å². The van der Waals surface area contributed by atoms with Crippen LogP contribution in [-0.4, -0.2) is 11.5 Å². The molecule has 0 unspecified atom stereocenters. The zero-order chi connectivity index (χ0) is 10.8. The number of rotatable bonds is 9. The Bertz CT molecular complexity index is 222. The highest BCUT2D eigenvalue weighted by Gasteiger charge is 1.94. The molecule has 0 aliphatic heterocycles. The SMILES string of the molecule is CCCCCCCCNCc1nccs1. The molecule has 0 aromatic carbocycles. The summed E-state index contributed by atoms with van der Waals surface area (Å²) in [5.41, 5.74) is 0. The number of hydrogen-bond acceptors (Lipinski definition) is 3. The zero-order valence-corrected chi connectivity index (χ0v) is 10.5. The molecular weight excluding hydrogens is 204 g/mol. The summed E-state index contributed by atoms with van der Waals surface area (Å²) in [6, 6.07) is 0. The van der Waals surface area contributed by atoms with E-state index < -0.39 is 0 Å². The first-order valence-corrected chi connectivity index (χ1v) is 6.90. The number of nitrogens with one attached hydrogen (secondary N) is 1. The molecule has 0 atom stereocenters. The zero-order valence-electron chi connectivity index (χ0n) is 9.67. The molecule has 0 aliphatic carbocycles. The van der Waals surface area contributed by atoms with Crippen molar-refractivity contribution in [3.8, 4) is 0 Å². The second-order valence-corrected chi connectivity index (χ2v) is 4.85. The van der Waals surface area contributed by atoms with Gasteiger partial charge in [0.05, 0.1) is 0 Å². The molecule has 3 heteroatoms. The molecule has 1 heterocycles. The first-order valence-electron chi connectivity index (χ1n) is 6.02. The lowest BCUT2D eigenvalue weighted by atomic mass is 10.1. The molecular formula is C12H22N2S. The van der Waals surface area contributed by atoms with E-state index in [0.29, 0.717) is 0 Å². The fourth-order valence-corrected chi connectivity index (χ4v) is 2.15. The summed E-state index contributed by atoms with van der Waals surface area (Å²) in [4.78, 5) is 4.23. The molecule has 0 radical (unpaired) electrons. The van der Waals surface area contributed by atoms with Crippen molar-refractivity contribution in [3.05, 3.63) is 16.6 Å². The van der Waals surface area contributed by atoms with E-state index >= 15 is 0 Å². The summed E-state index contributed by atoms with van der Waals surface area (Å²) in [5.74, 6) is 0. The Kier molecular flexibility index (Phi) is 7.48. The lowest BCUT2D eigenvalue weighted by Gasteiger charge is -2.02. The fraction of sp³-hybridized carbons (Fsp3) is 0.750. The van der Waals surface area contributed by atoms with Gasteiger partial charge in [-0.2, -0.15) is 0 Å². The van der Waals surface area contributed by atoms with Crippen LogP contribution in [-0.2, 0) is 6.54 Å². The maximum atomic E-state index is 4.23. The van der Waals surface area contributed by atoms with Gasteiger partial charge in [-0.05, 0) is 13.0 Å². The van der Waals surface area contributed by atoms with Gasteiger partial charge in [0.15, 0.2) is 0 Å². The Morgan fingerprint density at radius 1 is 1.20 bits per heavy atom. The average molecular weight is 226 g/mol. The second-order valence-electron chi connectivity index (χ2n) is 3.87. The third kappa shape index (κ3) is 6.63. The van der Waals surface area contributed by atoms with Crippen LogP contribution in [0, 0.1) is 0 Å². The first kappa shape index (κ1) is 12.7. The van der Waals surface area contributed by atoms with Crippen molar-refractivity contribution in [1.29, 1.82) is 0 Å². The molecule has 0 bridgehead atoms. The van der Waals surface area contributed by atoms with E-state index in [4.69, 9.17) is 0 Å². The highest BCUT2D eigenvalue weighted by atomic mass is 32.1. The molecule has 0 saturated heterocycles. The van der Waals surface area contributed by atoms with Crippen molar-refractivity contribution in [1.82, 2.24) is 10.3 Å². The van der Waals surface area contributed by atoms with E-state index in [1.807, 2.05) is 11.6 Å². The molecule has 86 valence electrons. The van der Waals surface area contributed by atoms with Crippen molar-refractivity contribution >= 4 is 11.3 Å². The van der Waals surface area contributed by atoms with Gasteiger partial charge >= 0.3 is 0 Å². The van der Waals surface area contributed by atoms with Crippen LogP contribution in [0.2, 0.25) is 0 Å². The molecule has 1 N–H and O–H groups in total. The monoisotopic (exact) mass is 226 g/mol. The van der Waals surface area contributed by atoms with E-state index in [2.05, 4.69) is 17.2 Å². The minimum absolute atomic E-state index is 0.937. The van der Waals surface area contributed by atoms with Gasteiger partial charge in [-0.25, -0.2) is 4.98 Å². The number of thiazole rings is 1. The van der Waals surface area contributed by atoms with Crippen LogP contribution in [0.25, 0.3) is 0 Å². The quantitative estimate of drug-likeness (QED) is 0.651. The van der Waals surface area contributed by atoms with Crippen molar-refractivity contribution in [3.63, 3.8) is 0 Å². The minimum atomic E-state index is 0.937. The molecule has 1 rings (SSSR count). The Hall–Kier alpha value is -0.410. The lowest BCUT2D eigenvalue weighted by Crippen LogP contribution is -2.14. The van der Waals surface area contributed by atoms with Crippen LogP contribution in [0.4, 0.5) is 0 Å². The van der Waals surface area contributed by atoms with Crippen molar-refractivity contribution in [2.45, 2.75) is 52.0 Å². The predicted octanol–water partition coefficient (Wildman–Crippen LogP) is 3.59. The van der Waals surface area contributed by atoms with Gasteiger partial charge in [0.25, 0.3) is 0 Å². The minimum Gasteiger partial charge on any atom is -0.310 e. The number of aromatic nitrogens is 1. The molecule has 15 heavy (non-hydrogen) atoms. The van der Waals surface area contributed by atoms with E-state index in [1.165, 1.54) is 43.5 Å². The van der Waals surface area contributed by atoms with Crippen LogP contribution in [0.15, 0.2) is 11.6 Å². The Morgan fingerprint density at radius 3 is 2.73 bits per heavy atom. The Labute approximate surface area is 97.1 Å². The van der Waals surface area contributed by atoms with Crippen LogP contribution in [0.3, 0.4) is 0 Å². The summed E-state index contributed by atoms with van der Waals surface area (Å²) in [7, 11) is 0. The number of unbranched alkanes of at least 4 members (excludes halogenated alkanes) is 5. The molecule has 0 fully saturated rings. The number of nitrogens with zero attached hydrogens (tertiary/aromatic N) is 1. The van der Waals surface area contributed by atoms with Gasteiger partial charge in [-0.15, -0.1) is 11.3 Å². The smallest absolute Gasteiger partial charge is 0.106 e. The van der Waals surface area contributed by atoms with Gasteiger partial charge in [0, 0.05) is 18.1 Å². The van der Waals surface area contributed by atoms with E-state index in [9.17, 15) is 0 Å². The van der Waals surface area contributed by atoms with E-state index in [0.717, 1.165) is 13.1 Å². The van der Waals surface area contributed by atoms with E-state index in [-0.39, 0.29) is 0 Å². The summed E-state index contributed by atoms with van der Waals surface area (Å²) >= 11 is 1.72. The van der Waals surface area contributed by atoms with Gasteiger partial charge in [0.1, 0.15) is 5.01 Å². The third-order valence-corrected chi connectivity index (χ3v) is 3.25. The Balaban J connectivity index is 1.81. The van der Waals surface area contributed by atoms with Gasteiger partial charge in [-0.3, -0.25) is 0 Å². The van der Waals surface area contributed by atoms with Gasteiger partial charge in [0.2, 0.25) is 0 Å². The lowest BCUT2D eigenvalue weighted by molar-refractivity contribution is 0.571. The standard InChI is InChI=1S/C12H22N2S/c1-2-3-4-5-6-7-8-13-11-12-14-9-10-15-12/h9-10,13H,2-8,11H2,1H3. The van der Waals surface area contributed by atoms with Gasteiger partial charge in [-0.1, -0.05) is 39.0 Å². The topological polar surface area (TPSA) is 24.9 Å². The average Bonchev–Trinajstić information content (AvgIpc) is 2.75. The van der Waals surface area contributed by atoms with Crippen LogP contribution < -0.4 is 5.32 Å². The molecule has 1 aromatic rings. The van der Waals surface area contributed by atoms with Crippen LogP contribution in [0.5, 0.6) is 0 Å². The summed E-state index contributed by atoms with van der Waals surface area (Å²) in [5, 5.41) is 6.65. The Morgan fingerprint density at radius 2 is 2.00 bits per heavy atom. The maximum Gasteiger partial charge on any atom is 0.106 e. The third-order valence-electron chi connectivity index (χ3n) is 2.47. The first-order chi connectivity index (χ1) is 7.43. The summed E-state index contributed by atoms with van der Waals surface area (Å²) in [6.45, 7) is 4.33. The van der Waals surface area contributed by atoms with Crippen LogP contribution in [0.1, 0.15) is 50.5 Å².